The molecule has 3 atom stereocenters. The van der Waals surface area contributed by atoms with Crippen molar-refractivity contribution in [1.82, 2.24) is 15.0 Å². The Morgan fingerprint density at radius 2 is 2.17 bits per heavy atom. The minimum Gasteiger partial charge on any atom is -0.460 e. The summed E-state index contributed by atoms with van der Waals surface area (Å²) in [6.45, 7) is 5.61. The molecule has 6 heteroatoms. The summed E-state index contributed by atoms with van der Waals surface area (Å²) in [5.74, 6) is -0.311. The van der Waals surface area contributed by atoms with Crippen LogP contribution in [0.3, 0.4) is 0 Å². The molecule has 1 aromatic heterocycles. The predicted molar refractivity (Wildman–Crippen MR) is 65.6 cm³/mol. The molecule has 0 amide bonds. The summed E-state index contributed by atoms with van der Waals surface area (Å²) in [5, 5.41) is 7.72. The van der Waals surface area contributed by atoms with Crippen LogP contribution in [0, 0.1) is 5.92 Å². The van der Waals surface area contributed by atoms with Crippen LogP contribution in [-0.4, -0.2) is 32.6 Å². The van der Waals surface area contributed by atoms with Gasteiger partial charge in [-0.25, -0.2) is 4.68 Å². The van der Waals surface area contributed by atoms with E-state index >= 15 is 0 Å². The summed E-state index contributed by atoms with van der Waals surface area (Å²) in [6.07, 6.45) is 4.70. The van der Waals surface area contributed by atoms with Gasteiger partial charge in [-0.05, 0) is 33.6 Å². The number of ether oxygens (including phenoxy) is 1. The smallest absolute Gasteiger partial charge is 0.309 e. The third-order valence-corrected chi connectivity index (χ3v) is 3.10. The first-order valence-electron chi connectivity index (χ1n) is 6.21. The fourth-order valence-corrected chi connectivity index (χ4v) is 2.32. The Bertz CT molecular complexity index is 410. The van der Waals surface area contributed by atoms with Crippen LogP contribution in [0.15, 0.2) is 12.4 Å². The summed E-state index contributed by atoms with van der Waals surface area (Å²) >= 11 is 0. The lowest BCUT2D eigenvalue weighted by atomic mass is 10.1. The van der Waals surface area contributed by atoms with E-state index in [0.29, 0.717) is 12.8 Å². The number of hydrogen-bond acceptors (Lipinski definition) is 5. The Balaban J connectivity index is 2.00. The third-order valence-electron chi connectivity index (χ3n) is 3.10. The van der Waals surface area contributed by atoms with Gasteiger partial charge in [0.1, 0.15) is 5.60 Å². The van der Waals surface area contributed by atoms with Gasteiger partial charge >= 0.3 is 5.97 Å². The average Bonchev–Trinajstić information content (AvgIpc) is 2.82. The van der Waals surface area contributed by atoms with E-state index < -0.39 is 5.60 Å². The Morgan fingerprint density at radius 1 is 1.44 bits per heavy atom. The highest BCUT2D eigenvalue weighted by Crippen LogP contribution is 2.34. The normalized spacial score (nSPS) is 28.3. The van der Waals surface area contributed by atoms with Crippen molar-refractivity contribution >= 4 is 5.97 Å². The van der Waals surface area contributed by atoms with Gasteiger partial charge in [-0.3, -0.25) is 4.79 Å². The van der Waals surface area contributed by atoms with Crippen LogP contribution in [0.25, 0.3) is 0 Å². The van der Waals surface area contributed by atoms with Gasteiger partial charge in [0.25, 0.3) is 0 Å². The maximum Gasteiger partial charge on any atom is 0.309 e. The Morgan fingerprint density at radius 3 is 2.72 bits per heavy atom. The first kappa shape index (κ1) is 13.0. The van der Waals surface area contributed by atoms with E-state index in [1.54, 1.807) is 17.1 Å². The zero-order valence-corrected chi connectivity index (χ0v) is 11.0. The summed E-state index contributed by atoms with van der Waals surface area (Å²) in [5.41, 5.74) is 5.61. The lowest BCUT2D eigenvalue weighted by Gasteiger charge is -2.22. The molecule has 0 radical (unpaired) electrons. The van der Waals surface area contributed by atoms with Crippen molar-refractivity contribution in [3.63, 3.8) is 0 Å². The molecule has 18 heavy (non-hydrogen) atoms. The molecule has 2 N–H and O–H groups in total. The van der Waals surface area contributed by atoms with Crippen molar-refractivity contribution < 1.29 is 9.53 Å². The number of aromatic nitrogens is 3. The van der Waals surface area contributed by atoms with Gasteiger partial charge in [-0.2, -0.15) is 0 Å². The van der Waals surface area contributed by atoms with E-state index in [1.165, 1.54) is 0 Å². The fraction of sp³-hybridized carbons (Fsp3) is 0.750. The maximum atomic E-state index is 12.0. The number of carbonyl (C=O) groups excluding carboxylic acids is 1. The second-order valence-corrected chi connectivity index (χ2v) is 5.82. The molecule has 100 valence electrons. The van der Waals surface area contributed by atoms with Crippen molar-refractivity contribution in [3.05, 3.63) is 12.4 Å². The minimum absolute atomic E-state index is 0.0324. The van der Waals surface area contributed by atoms with Gasteiger partial charge in [0, 0.05) is 12.2 Å². The average molecular weight is 252 g/mol. The minimum atomic E-state index is -0.452. The van der Waals surface area contributed by atoms with E-state index in [9.17, 15) is 4.79 Å². The summed E-state index contributed by atoms with van der Waals surface area (Å²) in [4.78, 5) is 12.0. The molecule has 0 bridgehead atoms. The number of esters is 1. The highest BCUT2D eigenvalue weighted by molar-refractivity contribution is 5.73. The second kappa shape index (κ2) is 4.68. The lowest BCUT2D eigenvalue weighted by Crippen LogP contribution is -2.29. The third kappa shape index (κ3) is 2.87. The molecule has 1 fully saturated rings. The first-order valence-corrected chi connectivity index (χ1v) is 6.21. The summed E-state index contributed by atoms with van der Waals surface area (Å²) in [6, 6.07) is -0.0470. The molecule has 1 heterocycles. The fourth-order valence-electron chi connectivity index (χ4n) is 2.32. The second-order valence-electron chi connectivity index (χ2n) is 5.82. The molecular formula is C12H20N4O2. The Kier molecular flexibility index (Phi) is 3.38. The van der Waals surface area contributed by atoms with Crippen molar-refractivity contribution in [2.24, 2.45) is 11.7 Å². The SMILES string of the molecule is CC(C)(C)OC(=O)C1CC(N)C(n2ccnn2)C1. The van der Waals surface area contributed by atoms with Crippen LogP contribution in [0.4, 0.5) is 0 Å². The molecule has 1 saturated carbocycles. The molecule has 1 aromatic rings. The van der Waals surface area contributed by atoms with Crippen LogP contribution >= 0.6 is 0 Å². The van der Waals surface area contributed by atoms with E-state index in [-0.39, 0.29) is 24.0 Å². The molecule has 0 aliphatic heterocycles. The topological polar surface area (TPSA) is 83.0 Å². The van der Waals surface area contributed by atoms with E-state index in [1.807, 2.05) is 20.8 Å². The molecule has 6 nitrogen and oxygen atoms in total. The maximum absolute atomic E-state index is 12.0. The lowest BCUT2D eigenvalue weighted by molar-refractivity contribution is -0.159. The molecule has 0 aromatic carbocycles. The molecule has 0 spiro atoms. The number of rotatable bonds is 2. The standard InChI is InChI=1S/C12H20N4O2/c1-12(2,3)18-11(17)8-6-9(13)10(7-8)16-5-4-14-15-16/h4-5,8-10H,6-7,13H2,1-3H3. The van der Waals surface area contributed by atoms with Gasteiger partial charge in [0.2, 0.25) is 0 Å². The van der Waals surface area contributed by atoms with Crippen molar-refractivity contribution in [1.29, 1.82) is 0 Å². The predicted octanol–water partition coefficient (Wildman–Crippen LogP) is 0.898. The molecule has 2 rings (SSSR count). The van der Waals surface area contributed by atoms with Gasteiger partial charge in [0.15, 0.2) is 0 Å². The van der Waals surface area contributed by atoms with Crippen molar-refractivity contribution in [3.8, 4) is 0 Å². The van der Waals surface area contributed by atoms with Gasteiger partial charge in [-0.15, -0.1) is 5.10 Å². The Labute approximate surface area is 106 Å². The molecule has 3 unspecified atom stereocenters. The number of nitrogens with zero attached hydrogens (tertiary/aromatic N) is 3. The van der Waals surface area contributed by atoms with Gasteiger partial charge < -0.3 is 10.5 Å². The summed E-state index contributed by atoms with van der Waals surface area (Å²) in [7, 11) is 0. The number of nitrogens with two attached hydrogens (primary N) is 1. The van der Waals surface area contributed by atoms with E-state index in [2.05, 4.69) is 10.3 Å². The largest absolute Gasteiger partial charge is 0.460 e. The van der Waals surface area contributed by atoms with E-state index in [0.717, 1.165) is 0 Å². The first-order chi connectivity index (χ1) is 8.37. The van der Waals surface area contributed by atoms with Crippen LogP contribution in [-0.2, 0) is 9.53 Å². The summed E-state index contributed by atoms with van der Waals surface area (Å²) < 4.78 is 7.13. The van der Waals surface area contributed by atoms with Crippen LogP contribution in [0.1, 0.15) is 39.7 Å². The quantitative estimate of drug-likeness (QED) is 0.791. The number of hydrogen-bond donors (Lipinski definition) is 1. The highest BCUT2D eigenvalue weighted by atomic mass is 16.6. The van der Waals surface area contributed by atoms with Crippen molar-refractivity contribution in [2.45, 2.75) is 51.3 Å². The highest BCUT2D eigenvalue weighted by Gasteiger charge is 2.39. The zero-order chi connectivity index (χ0) is 13.3. The zero-order valence-electron chi connectivity index (χ0n) is 11.0. The molecule has 1 aliphatic carbocycles. The number of carbonyl (C=O) groups is 1. The van der Waals surface area contributed by atoms with Crippen LogP contribution in [0.5, 0.6) is 0 Å². The van der Waals surface area contributed by atoms with Crippen LogP contribution in [0.2, 0.25) is 0 Å². The molecular weight excluding hydrogens is 232 g/mol. The monoisotopic (exact) mass is 252 g/mol. The molecule has 0 saturated heterocycles. The van der Waals surface area contributed by atoms with Crippen molar-refractivity contribution in [2.75, 3.05) is 0 Å². The van der Waals surface area contributed by atoms with Gasteiger partial charge in [0.05, 0.1) is 18.2 Å². The Hall–Kier alpha value is -1.43. The van der Waals surface area contributed by atoms with Gasteiger partial charge in [-0.1, -0.05) is 5.21 Å². The van der Waals surface area contributed by atoms with Crippen LogP contribution < -0.4 is 5.73 Å². The van der Waals surface area contributed by atoms with E-state index in [4.69, 9.17) is 10.5 Å². The molecule has 1 aliphatic rings.